The van der Waals surface area contributed by atoms with Crippen LogP contribution in [-0.4, -0.2) is 59.4 Å². The Hall–Kier alpha value is -6.30. The zero-order chi connectivity index (χ0) is 34.6. The molecule has 0 amide bonds. The first-order chi connectivity index (χ1) is 23.5. The van der Waals surface area contributed by atoms with Gasteiger partial charge in [-0.15, -0.1) is 10.2 Å². The van der Waals surface area contributed by atoms with Gasteiger partial charge in [0.15, 0.2) is 22.9 Å². The molecule has 2 aliphatic carbocycles. The molecule has 0 aliphatic heterocycles. The molecule has 1 unspecified atom stereocenters. The maximum atomic E-state index is 13.3. The smallest absolute Gasteiger partial charge is 0.284 e. The molecule has 8 rings (SSSR count). The maximum Gasteiger partial charge on any atom is 0.284 e. The van der Waals surface area contributed by atoms with Gasteiger partial charge in [-0.2, -0.15) is 14.6 Å². The minimum absolute atomic E-state index is 0.126. The number of alkyl halides is 2. The van der Waals surface area contributed by atoms with Gasteiger partial charge in [0, 0.05) is 24.2 Å². The van der Waals surface area contributed by atoms with Gasteiger partial charge >= 0.3 is 0 Å². The number of fused-ring (bicyclic) bond motifs is 2. The third kappa shape index (κ3) is 5.56. The van der Waals surface area contributed by atoms with Crippen molar-refractivity contribution in [3.05, 3.63) is 94.6 Å². The Kier molecular flexibility index (Phi) is 7.50. The van der Waals surface area contributed by atoms with Crippen molar-refractivity contribution in [1.29, 1.82) is 5.26 Å². The van der Waals surface area contributed by atoms with Gasteiger partial charge in [-0.3, -0.25) is 14.6 Å². The molecule has 5 heterocycles. The van der Waals surface area contributed by atoms with E-state index in [1.807, 2.05) is 18.2 Å². The number of carbonyl (C=O) groups is 2. The second kappa shape index (κ2) is 11.7. The van der Waals surface area contributed by atoms with Crippen LogP contribution in [0, 0.1) is 18.3 Å². The van der Waals surface area contributed by atoms with Crippen LogP contribution < -0.4 is 16.2 Å². The van der Waals surface area contributed by atoms with Crippen LogP contribution >= 0.6 is 0 Å². The number of anilines is 2. The van der Waals surface area contributed by atoms with E-state index < -0.39 is 23.7 Å². The van der Waals surface area contributed by atoms with E-state index in [9.17, 15) is 23.6 Å². The van der Waals surface area contributed by atoms with Crippen LogP contribution in [0.1, 0.15) is 74.5 Å². The van der Waals surface area contributed by atoms with Crippen molar-refractivity contribution in [2.24, 2.45) is 0 Å². The minimum Gasteiger partial charge on any atom is -0.495 e. The van der Waals surface area contributed by atoms with Crippen molar-refractivity contribution in [2.45, 2.75) is 43.9 Å². The number of nitrogens with zero attached hydrogens (tertiary/aromatic N) is 8. The highest BCUT2D eigenvalue weighted by molar-refractivity contribution is 6.05. The summed E-state index contributed by atoms with van der Waals surface area (Å²) in [6.45, 7) is 1.70. The van der Waals surface area contributed by atoms with Crippen molar-refractivity contribution in [3.63, 3.8) is 0 Å². The van der Waals surface area contributed by atoms with Crippen LogP contribution in [0.4, 0.5) is 20.4 Å². The molecule has 0 radical (unpaired) electrons. The molecule has 49 heavy (non-hydrogen) atoms. The molecule has 1 atom stereocenters. The van der Waals surface area contributed by atoms with Crippen LogP contribution in [0.5, 0.6) is 5.75 Å². The van der Waals surface area contributed by atoms with Crippen LogP contribution in [-0.2, 0) is 0 Å². The van der Waals surface area contributed by atoms with Crippen molar-refractivity contribution in [1.82, 2.24) is 34.5 Å². The lowest BCUT2D eigenvalue weighted by molar-refractivity contribution is 0.0940. The van der Waals surface area contributed by atoms with Gasteiger partial charge in [0.1, 0.15) is 11.8 Å². The number of rotatable bonds is 5. The molecule has 2 fully saturated rings. The standard InChI is InChI=1S/C18H15N5O2.C16H13F2N5O/c1-25-15-11(9-19)3-2-4-12(15)18(24)23-17-13(16(20)22-23)7-8-14(21-17)10-5-6-10;1-8-9(3-2-6-20-8)15(24)23-14-10(13(19)22-23)4-5-12(21-14)11-7-16(11,17)18/h2-4,7-8,10H,5-6H2,1H3,(H2,20,22);2-6,11H,7H2,1H3,(H2,19,22). The number of aromatic nitrogens is 7. The van der Waals surface area contributed by atoms with Crippen molar-refractivity contribution in [3.8, 4) is 11.8 Å². The van der Waals surface area contributed by atoms with Crippen molar-refractivity contribution >= 4 is 45.5 Å². The molecule has 1 aromatic carbocycles. The fourth-order valence-corrected chi connectivity index (χ4v) is 5.64. The molecule has 0 saturated heterocycles. The van der Waals surface area contributed by atoms with Crippen LogP contribution in [0.2, 0.25) is 0 Å². The Balaban J connectivity index is 0.000000154. The van der Waals surface area contributed by atoms with Gasteiger partial charge in [0.25, 0.3) is 17.7 Å². The van der Waals surface area contributed by atoms with Crippen LogP contribution in [0.15, 0.2) is 60.8 Å². The first-order valence-electron chi connectivity index (χ1n) is 15.3. The Labute approximate surface area is 277 Å². The van der Waals surface area contributed by atoms with Crippen LogP contribution in [0.25, 0.3) is 22.1 Å². The Morgan fingerprint density at radius 3 is 2.02 bits per heavy atom. The molecule has 15 heteroatoms. The van der Waals surface area contributed by atoms with E-state index in [0.29, 0.717) is 33.6 Å². The molecule has 5 aromatic heterocycles. The monoisotopic (exact) mass is 662 g/mol. The van der Waals surface area contributed by atoms with Crippen molar-refractivity contribution < 1.29 is 23.1 Å². The number of pyridine rings is 3. The molecular weight excluding hydrogens is 634 g/mol. The molecular formula is C34H28F2N10O3. The number of hydrogen-bond donors (Lipinski definition) is 2. The SMILES string of the molecule is COc1c(C#N)cccc1C(=O)n1nc(N)c2ccc(C3CC3)nc21.Cc1ncccc1C(=O)n1nc(N)c2ccc(C3CC3(F)F)nc21. The Morgan fingerprint density at radius 1 is 0.898 bits per heavy atom. The lowest BCUT2D eigenvalue weighted by Crippen LogP contribution is -2.16. The van der Waals surface area contributed by atoms with Gasteiger partial charge in [0.05, 0.1) is 51.9 Å². The highest BCUT2D eigenvalue weighted by atomic mass is 19.3. The molecule has 246 valence electrons. The summed E-state index contributed by atoms with van der Waals surface area (Å²) >= 11 is 0. The van der Waals surface area contributed by atoms with Gasteiger partial charge in [-0.05, 0) is 68.3 Å². The Morgan fingerprint density at radius 2 is 1.47 bits per heavy atom. The number of nitrogens with two attached hydrogens (primary N) is 2. The number of methoxy groups -OCH3 is 1. The number of hydrogen-bond acceptors (Lipinski definition) is 11. The normalized spacial score (nSPS) is 16.1. The minimum atomic E-state index is -2.74. The van der Waals surface area contributed by atoms with Gasteiger partial charge in [0.2, 0.25) is 0 Å². The molecule has 2 saturated carbocycles. The van der Waals surface area contributed by atoms with Gasteiger partial charge < -0.3 is 16.2 Å². The lowest BCUT2D eigenvalue weighted by Gasteiger charge is -2.09. The summed E-state index contributed by atoms with van der Waals surface area (Å²) in [5.41, 5.74) is 15.0. The average Bonchev–Trinajstić information content (AvgIpc) is 4.01. The van der Waals surface area contributed by atoms with E-state index in [1.54, 1.807) is 49.5 Å². The largest absolute Gasteiger partial charge is 0.495 e. The number of aryl methyl sites for hydroxylation is 1. The Bertz CT molecular complexity index is 2360. The summed E-state index contributed by atoms with van der Waals surface area (Å²) in [5.74, 6) is -3.50. The van der Waals surface area contributed by atoms with Gasteiger partial charge in [-0.1, -0.05) is 6.07 Å². The average molecular weight is 663 g/mol. The van der Waals surface area contributed by atoms with Gasteiger partial charge in [-0.25, -0.2) is 18.7 Å². The molecule has 2 aliphatic rings. The third-order valence-corrected chi connectivity index (χ3v) is 8.53. The predicted molar refractivity (Wildman–Crippen MR) is 174 cm³/mol. The fourth-order valence-electron chi connectivity index (χ4n) is 5.64. The number of halogens is 2. The van der Waals surface area contributed by atoms with E-state index in [4.69, 9.17) is 16.2 Å². The zero-order valence-corrected chi connectivity index (χ0v) is 26.3. The number of ether oxygens (including phenoxy) is 1. The summed E-state index contributed by atoms with van der Waals surface area (Å²) in [6, 6.07) is 17.0. The summed E-state index contributed by atoms with van der Waals surface area (Å²) < 4.78 is 34.1. The predicted octanol–water partition coefficient (Wildman–Crippen LogP) is 4.99. The highest BCUT2D eigenvalue weighted by Gasteiger charge is 2.58. The third-order valence-electron chi connectivity index (χ3n) is 8.53. The second-order valence-electron chi connectivity index (χ2n) is 11.8. The molecule has 0 spiro atoms. The topological polar surface area (TPSA) is 194 Å². The summed E-state index contributed by atoms with van der Waals surface area (Å²) in [4.78, 5) is 38.7. The van der Waals surface area contributed by atoms with E-state index in [1.165, 1.54) is 17.9 Å². The number of nitriles is 1. The summed E-state index contributed by atoms with van der Waals surface area (Å²) in [6.07, 6.45) is 3.56. The van der Waals surface area contributed by atoms with E-state index in [2.05, 4.69) is 25.1 Å². The number of carbonyl (C=O) groups excluding carboxylic acids is 2. The summed E-state index contributed by atoms with van der Waals surface area (Å²) in [5, 5.41) is 18.5. The molecule has 4 N–H and O–H groups in total. The first kappa shape index (κ1) is 31.3. The van der Waals surface area contributed by atoms with Crippen LogP contribution in [0.3, 0.4) is 0 Å². The number of para-hydroxylation sites is 1. The number of benzene rings is 1. The quantitative estimate of drug-likeness (QED) is 0.253. The lowest BCUT2D eigenvalue weighted by atomic mass is 10.1. The van der Waals surface area contributed by atoms with Crippen molar-refractivity contribution in [2.75, 3.05) is 18.6 Å². The maximum absolute atomic E-state index is 13.3. The first-order valence-corrected chi connectivity index (χ1v) is 15.3. The second-order valence-corrected chi connectivity index (χ2v) is 11.8. The number of nitrogen functional groups attached to an aromatic ring is 2. The fraction of sp³-hybridized carbons (Fsp3) is 0.235. The van der Waals surface area contributed by atoms with E-state index >= 15 is 0 Å². The molecule has 6 aromatic rings. The van der Waals surface area contributed by atoms with E-state index in [0.717, 1.165) is 23.2 Å². The molecule has 13 nitrogen and oxygen atoms in total. The van der Waals surface area contributed by atoms with E-state index in [-0.39, 0.29) is 46.3 Å². The zero-order valence-electron chi connectivity index (χ0n) is 26.3. The highest BCUT2D eigenvalue weighted by Crippen LogP contribution is 2.55. The molecule has 0 bridgehead atoms. The summed E-state index contributed by atoms with van der Waals surface area (Å²) in [7, 11) is 1.42.